The van der Waals surface area contributed by atoms with Gasteiger partial charge in [-0.2, -0.15) is 5.10 Å². The van der Waals surface area contributed by atoms with E-state index < -0.39 is 0 Å². The van der Waals surface area contributed by atoms with E-state index in [2.05, 4.69) is 31.1 Å². The summed E-state index contributed by atoms with van der Waals surface area (Å²) in [7, 11) is 1.97. The molecule has 0 unspecified atom stereocenters. The predicted molar refractivity (Wildman–Crippen MR) is 80.2 cm³/mol. The zero-order valence-electron chi connectivity index (χ0n) is 10.8. The molecule has 0 aliphatic carbocycles. The molecule has 0 atom stereocenters. The Labute approximate surface area is 117 Å². The van der Waals surface area contributed by atoms with Crippen molar-refractivity contribution >= 4 is 24.0 Å². The lowest BCUT2D eigenvalue weighted by atomic mass is 10.2. The molecule has 1 aromatic carbocycles. The SMILES string of the molecule is CC(C)SCn1nc(-c2ccccc2)n(C)c1=S. The number of hydrogen-bond acceptors (Lipinski definition) is 3. The molecular weight excluding hydrogens is 262 g/mol. The third kappa shape index (κ3) is 2.84. The Bertz CT molecular complexity index is 570. The lowest BCUT2D eigenvalue weighted by molar-refractivity contribution is 0.724. The highest BCUT2D eigenvalue weighted by atomic mass is 32.2. The van der Waals surface area contributed by atoms with Crippen LogP contribution in [-0.2, 0) is 12.9 Å². The summed E-state index contributed by atoms with van der Waals surface area (Å²) in [6.07, 6.45) is 0. The van der Waals surface area contributed by atoms with Gasteiger partial charge in [0.05, 0.1) is 5.88 Å². The third-order valence-corrected chi connectivity index (χ3v) is 4.15. The number of aromatic nitrogens is 3. The van der Waals surface area contributed by atoms with Crippen LogP contribution < -0.4 is 0 Å². The summed E-state index contributed by atoms with van der Waals surface area (Å²) in [5.41, 5.74) is 1.10. The number of rotatable bonds is 4. The Morgan fingerprint density at radius 1 is 1.28 bits per heavy atom. The number of nitrogens with zero attached hydrogens (tertiary/aromatic N) is 3. The van der Waals surface area contributed by atoms with Crippen molar-refractivity contribution in [1.82, 2.24) is 14.3 Å². The minimum Gasteiger partial charge on any atom is -0.303 e. The fourth-order valence-corrected chi connectivity index (χ4v) is 2.52. The Hall–Kier alpha value is -1.07. The van der Waals surface area contributed by atoms with Gasteiger partial charge in [-0.1, -0.05) is 44.2 Å². The highest BCUT2D eigenvalue weighted by molar-refractivity contribution is 7.98. The van der Waals surface area contributed by atoms with Crippen molar-refractivity contribution in [3.05, 3.63) is 35.1 Å². The maximum absolute atomic E-state index is 5.42. The summed E-state index contributed by atoms with van der Waals surface area (Å²) in [6.45, 7) is 4.35. The maximum atomic E-state index is 5.42. The second kappa shape index (κ2) is 5.71. The first-order chi connectivity index (χ1) is 8.59. The smallest absolute Gasteiger partial charge is 0.198 e. The molecule has 1 heterocycles. The van der Waals surface area contributed by atoms with E-state index in [-0.39, 0.29) is 0 Å². The largest absolute Gasteiger partial charge is 0.303 e. The van der Waals surface area contributed by atoms with Crippen LogP contribution >= 0.6 is 24.0 Å². The molecule has 1 aromatic heterocycles. The van der Waals surface area contributed by atoms with E-state index in [4.69, 9.17) is 12.2 Å². The summed E-state index contributed by atoms with van der Waals surface area (Å²) in [5.74, 6) is 1.72. The van der Waals surface area contributed by atoms with Gasteiger partial charge >= 0.3 is 0 Å². The van der Waals surface area contributed by atoms with Crippen molar-refractivity contribution in [1.29, 1.82) is 0 Å². The molecule has 0 saturated heterocycles. The van der Waals surface area contributed by atoms with Gasteiger partial charge in [-0.15, -0.1) is 11.8 Å². The molecule has 0 aliphatic heterocycles. The van der Waals surface area contributed by atoms with Gasteiger partial charge in [-0.3, -0.25) is 0 Å². The van der Waals surface area contributed by atoms with Crippen LogP contribution in [-0.4, -0.2) is 19.6 Å². The molecule has 0 spiro atoms. The molecule has 0 radical (unpaired) electrons. The highest BCUT2D eigenvalue weighted by Crippen LogP contribution is 2.19. The van der Waals surface area contributed by atoms with Gasteiger partial charge in [0.1, 0.15) is 0 Å². The molecule has 0 aliphatic rings. The molecule has 96 valence electrons. The first kappa shape index (κ1) is 13.4. The number of thioether (sulfide) groups is 1. The zero-order valence-corrected chi connectivity index (χ0v) is 12.5. The molecule has 2 rings (SSSR count). The van der Waals surface area contributed by atoms with E-state index in [0.29, 0.717) is 5.25 Å². The number of hydrogen-bond donors (Lipinski definition) is 0. The van der Waals surface area contributed by atoms with E-state index in [1.54, 1.807) is 0 Å². The molecule has 2 aromatic rings. The summed E-state index contributed by atoms with van der Waals surface area (Å²) < 4.78 is 4.62. The van der Waals surface area contributed by atoms with Crippen molar-refractivity contribution in [3.63, 3.8) is 0 Å². The molecule has 3 nitrogen and oxygen atoms in total. The van der Waals surface area contributed by atoms with Crippen molar-refractivity contribution in [2.24, 2.45) is 7.05 Å². The normalized spacial score (nSPS) is 11.1. The van der Waals surface area contributed by atoms with E-state index in [1.807, 2.05) is 46.3 Å². The van der Waals surface area contributed by atoms with Gasteiger partial charge in [0.2, 0.25) is 0 Å². The van der Waals surface area contributed by atoms with E-state index in [1.165, 1.54) is 0 Å². The topological polar surface area (TPSA) is 22.8 Å². The van der Waals surface area contributed by atoms with Gasteiger partial charge < -0.3 is 4.57 Å². The van der Waals surface area contributed by atoms with E-state index >= 15 is 0 Å². The van der Waals surface area contributed by atoms with Crippen LogP contribution in [0.1, 0.15) is 13.8 Å². The van der Waals surface area contributed by atoms with Crippen LogP contribution in [0.4, 0.5) is 0 Å². The summed E-state index contributed by atoms with van der Waals surface area (Å²) in [6, 6.07) is 10.1. The van der Waals surface area contributed by atoms with Crippen LogP contribution in [0, 0.1) is 4.77 Å². The van der Waals surface area contributed by atoms with Crippen LogP contribution in [0.2, 0.25) is 0 Å². The minimum atomic E-state index is 0.578. The van der Waals surface area contributed by atoms with Crippen molar-refractivity contribution < 1.29 is 0 Å². The standard InChI is InChI=1S/C13H17N3S2/c1-10(2)18-9-16-13(17)15(3)12(14-16)11-7-5-4-6-8-11/h4-8,10H,9H2,1-3H3. The van der Waals surface area contributed by atoms with Gasteiger partial charge in [0.15, 0.2) is 10.6 Å². The van der Waals surface area contributed by atoms with Crippen molar-refractivity contribution in [2.45, 2.75) is 25.0 Å². The van der Waals surface area contributed by atoms with Crippen LogP contribution in [0.25, 0.3) is 11.4 Å². The average molecular weight is 279 g/mol. The molecule has 0 fully saturated rings. The minimum absolute atomic E-state index is 0.578. The van der Waals surface area contributed by atoms with Gasteiger partial charge in [0.25, 0.3) is 0 Å². The summed E-state index contributed by atoms with van der Waals surface area (Å²) >= 11 is 7.25. The van der Waals surface area contributed by atoms with Crippen molar-refractivity contribution in [2.75, 3.05) is 0 Å². The van der Waals surface area contributed by atoms with Crippen LogP contribution in [0.5, 0.6) is 0 Å². The van der Waals surface area contributed by atoms with Gasteiger partial charge in [0, 0.05) is 17.9 Å². The third-order valence-electron chi connectivity index (χ3n) is 2.60. The van der Waals surface area contributed by atoms with Gasteiger partial charge in [-0.05, 0) is 12.2 Å². The Morgan fingerprint density at radius 3 is 2.56 bits per heavy atom. The second-order valence-corrected chi connectivity index (χ2v) is 6.27. The maximum Gasteiger partial charge on any atom is 0.198 e. The fraction of sp³-hybridized carbons (Fsp3) is 0.385. The average Bonchev–Trinajstić information content (AvgIpc) is 2.65. The Morgan fingerprint density at radius 2 is 1.94 bits per heavy atom. The molecule has 5 heteroatoms. The molecule has 0 saturated carbocycles. The van der Waals surface area contributed by atoms with E-state index in [9.17, 15) is 0 Å². The molecular formula is C13H17N3S2. The summed E-state index contributed by atoms with van der Waals surface area (Å²) in [5, 5.41) is 5.18. The molecule has 0 bridgehead atoms. The molecule has 0 N–H and O–H groups in total. The number of benzene rings is 1. The first-order valence-electron chi connectivity index (χ1n) is 5.90. The molecule has 18 heavy (non-hydrogen) atoms. The van der Waals surface area contributed by atoms with Crippen LogP contribution in [0.15, 0.2) is 30.3 Å². The quantitative estimate of drug-likeness (QED) is 0.797. The second-order valence-electron chi connectivity index (χ2n) is 4.38. The van der Waals surface area contributed by atoms with E-state index in [0.717, 1.165) is 22.0 Å². The first-order valence-corrected chi connectivity index (χ1v) is 7.36. The monoisotopic (exact) mass is 279 g/mol. The van der Waals surface area contributed by atoms with Gasteiger partial charge in [-0.25, -0.2) is 4.68 Å². The fourth-order valence-electron chi connectivity index (χ4n) is 1.63. The zero-order chi connectivity index (χ0) is 13.1. The summed E-state index contributed by atoms with van der Waals surface area (Å²) in [4.78, 5) is 0. The predicted octanol–water partition coefficient (Wildman–Crippen LogP) is 3.72. The lowest BCUT2D eigenvalue weighted by Crippen LogP contribution is -2.00. The van der Waals surface area contributed by atoms with Crippen molar-refractivity contribution in [3.8, 4) is 11.4 Å². The van der Waals surface area contributed by atoms with Crippen LogP contribution in [0.3, 0.4) is 0 Å². The highest BCUT2D eigenvalue weighted by Gasteiger charge is 2.09. The Balaban J connectivity index is 2.34. The lowest BCUT2D eigenvalue weighted by Gasteiger charge is -2.03. The Kier molecular flexibility index (Phi) is 4.24. The molecule has 0 amide bonds.